The predicted octanol–water partition coefficient (Wildman–Crippen LogP) is 2.52. The molecule has 0 radical (unpaired) electrons. The van der Waals surface area contributed by atoms with Gasteiger partial charge in [-0.2, -0.15) is 5.10 Å². The van der Waals surface area contributed by atoms with E-state index in [9.17, 15) is 0 Å². The van der Waals surface area contributed by atoms with E-state index in [0.29, 0.717) is 6.54 Å². The molecule has 2 aliphatic heterocycles. The molecule has 6 heteroatoms. The molecule has 1 saturated heterocycles. The second-order valence-electron chi connectivity index (χ2n) is 6.51. The Bertz CT molecular complexity index is 904. The van der Waals surface area contributed by atoms with E-state index < -0.39 is 0 Å². The van der Waals surface area contributed by atoms with Crippen LogP contribution in [0, 0.1) is 6.92 Å². The van der Waals surface area contributed by atoms with Crippen LogP contribution in [-0.2, 0) is 17.7 Å². The summed E-state index contributed by atoms with van der Waals surface area (Å²) in [4.78, 5) is 9.33. The van der Waals surface area contributed by atoms with Crippen LogP contribution >= 0.6 is 0 Å². The van der Waals surface area contributed by atoms with Crippen molar-refractivity contribution in [2.45, 2.75) is 38.8 Å². The molecule has 3 aromatic rings. The van der Waals surface area contributed by atoms with Gasteiger partial charge < -0.3 is 9.30 Å². The first-order chi connectivity index (χ1) is 11.8. The number of ether oxygens (including phenoxy) is 1. The first-order valence-corrected chi connectivity index (χ1v) is 8.47. The number of nitrogens with zero attached hydrogens (tertiary/aromatic N) is 5. The second-order valence-corrected chi connectivity index (χ2v) is 6.51. The molecule has 24 heavy (non-hydrogen) atoms. The topological polar surface area (TPSA) is 57.8 Å². The minimum Gasteiger partial charge on any atom is -0.378 e. The number of hydrogen-bond acceptors (Lipinski definition) is 4. The van der Waals surface area contributed by atoms with Gasteiger partial charge in [-0.15, -0.1) is 0 Å². The third kappa shape index (κ3) is 2.10. The predicted molar refractivity (Wildman–Crippen MR) is 89.1 cm³/mol. The molecule has 0 N–H and O–H groups in total. The van der Waals surface area contributed by atoms with E-state index in [4.69, 9.17) is 14.8 Å². The van der Waals surface area contributed by atoms with E-state index in [1.807, 2.05) is 24.0 Å². The number of imidazole rings is 1. The van der Waals surface area contributed by atoms with Crippen molar-refractivity contribution in [2.24, 2.45) is 0 Å². The number of aryl methyl sites for hydroxylation is 1. The smallest absolute Gasteiger partial charge is 0.160 e. The van der Waals surface area contributed by atoms with Crippen LogP contribution in [0.25, 0.3) is 17.1 Å². The van der Waals surface area contributed by atoms with E-state index in [-0.39, 0.29) is 6.10 Å². The molecule has 0 amide bonds. The summed E-state index contributed by atoms with van der Waals surface area (Å²) < 4.78 is 9.91. The van der Waals surface area contributed by atoms with Crippen LogP contribution in [0.4, 0.5) is 0 Å². The van der Waals surface area contributed by atoms with Gasteiger partial charge in [0.05, 0.1) is 36.1 Å². The number of hydrogen-bond donors (Lipinski definition) is 0. The second kappa shape index (κ2) is 5.27. The Kier molecular flexibility index (Phi) is 3.06. The van der Waals surface area contributed by atoms with Gasteiger partial charge in [-0.1, -0.05) is 12.1 Å². The van der Waals surface area contributed by atoms with Crippen molar-refractivity contribution in [1.29, 1.82) is 0 Å². The highest BCUT2D eigenvalue weighted by atomic mass is 16.5. The Morgan fingerprint density at radius 2 is 2.21 bits per heavy atom. The summed E-state index contributed by atoms with van der Waals surface area (Å²) in [6, 6.07) is 8.32. The molecule has 4 heterocycles. The van der Waals surface area contributed by atoms with Crippen LogP contribution in [0.5, 0.6) is 0 Å². The Balaban J connectivity index is 1.63. The summed E-state index contributed by atoms with van der Waals surface area (Å²) in [5.41, 5.74) is 4.41. The lowest BCUT2D eigenvalue weighted by Crippen LogP contribution is -2.11. The third-order valence-electron chi connectivity index (χ3n) is 4.93. The lowest BCUT2D eigenvalue weighted by molar-refractivity contribution is 0.110. The van der Waals surface area contributed by atoms with Crippen LogP contribution in [0.1, 0.15) is 30.1 Å². The average Bonchev–Trinajstić information content (AvgIpc) is 3.30. The fourth-order valence-corrected chi connectivity index (χ4v) is 3.67. The van der Waals surface area contributed by atoms with Gasteiger partial charge in [0.25, 0.3) is 0 Å². The molecule has 6 nitrogen and oxygen atoms in total. The molecule has 1 unspecified atom stereocenters. The first kappa shape index (κ1) is 13.9. The van der Waals surface area contributed by atoms with Gasteiger partial charge in [-0.05, 0) is 31.9 Å². The lowest BCUT2D eigenvalue weighted by atomic mass is 10.1. The Morgan fingerprint density at radius 1 is 1.29 bits per heavy atom. The summed E-state index contributed by atoms with van der Waals surface area (Å²) in [7, 11) is 0. The molecule has 1 atom stereocenters. The average molecular weight is 321 g/mol. The summed E-state index contributed by atoms with van der Waals surface area (Å²) in [5, 5.41) is 4.78. The molecule has 1 fully saturated rings. The van der Waals surface area contributed by atoms with Gasteiger partial charge in [0, 0.05) is 18.6 Å². The molecular formula is C18H19N5O. The largest absolute Gasteiger partial charge is 0.378 e. The normalized spacial score (nSPS) is 18.8. The Labute approximate surface area is 140 Å². The number of rotatable bonds is 2. The first-order valence-electron chi connectivity index (χ1n) is 8.47. The van der Waals surface area contributed by atoms with E-state index >= 15 is 0 Å². The zero-order valence-corrected chi connectivity index (χ0v) is 13.6. The number of para-hydroxylation sites is 1. The highest BCUT2D eigenvalue weighted by molar-refractivity contribution is 5.69. The third-order valence-corrected chi connectivity index (χ3v) is 4.93. The van der Waals surface area contributed by atoms with E-state index in [2.05, 4.69) is 27.8 Å². The molecule has 2 aromatic heterocycles. The van der Waals surface area contributed by atoms with Crippen molar-refractivity contribution in [2.75, 3.05) is 6.61 Å². The maximum atomic E-state index is 5.74. The molecule has 1 aromatic carbocycles. The zero-order chi connectivity index (χ0) is 16.1. The molecule has 0 aliphatic carbocycles. The number of fused-ring (bicyclic) bond motifs is 5. The van der Waals surface area contributed by atoms with Crippen molar-refractivity contribution in [3.63, 3.8) is 0 Å². The SMILES string of the molecule is Cc1ncn2c1Cn1nc(CC3CCCO3)nc1-c1ccccc1-2. The molecule has 5 rings (SSSR count). The van der Waals surface area contributed by atoms with Gasteiger partial charge in [0.1, 0.15) is 0 Å². The van der Waals surface area contributed by atoms with E-state index in [0.717, 1.165) is 60.2 Å². The minimum absolute atomic E-state index is 0.263. The molecule has 122 valence electrons. The van der Waals surface area contributed by atoms with Crippen molar-refractivity contribution >= 4 is 0 Å². The summed E-state index contributed by atoms with van der Waals surface area (Å²) in [6.07, 6.45) is 5.19. The van der Waals surface area contributed by atoms with E-state index in [1.54, 1.807) is 0 Å². The fourth-order valence-electron chi connectivity index (χ4n) is 3.67. The summed E-state index contributed by atoms with van der Waals surface area (Å²) >= 11 is 0. The quantitative estimate of drug-likeness (QED) is 0.569. The van der Waals surface area contributed by atoms with E-state index in [1.165, 1.54) is 0 Å². The van der Waals surface area contributed by atoms with Crippen molar-refractivity contribution < 1.29 is 4.74 Å². The Morgan fingerprint density at radius 3 is 3.08 bits per heavy atom. The fraction of sp³-hybridized carbons (Fsp3) is 0.389. The van der Waals surface area contributed by atoms with Crippen LogP contribution in [0.15, 0.2) is 30.6 Å². The van der Waals surface area contributed by atoms with Gasteiger partial charge in [0.15, 0.2) is 11.6 Å². The molecular weight excluding hydrogens is 302 g/mol. The van der Waals surface area contributed by atoms with Gasteiger partial charge in [-0.25, -0.2) is 14.6 Å². The number of benzene rings is 1. The van der Waals surface area contributed by atoms with Crippen LogP contribution in [-0.4, -0.2) is 37.0 Å². The van der Waals surface area contributed by atoms with Crippen LogP contribution < -0.4 is 0 Å². The molecule has 0 saturated carbocycles. The van der Waals surface area contributed by atoms with Crippen LogP contribution in [0.3, 0.4) is 0 Å². The van der Waals surface area contributed by atoms with Crippen molar-refractivity contribution in [3.05, 3.63) is 47.8 Å². The van der Waals surface area contributed by atoms with Crippen molar-refractivity contribution in [1.82, 2.24) is 24.3 Å². The highest BCUT2D eigenvalue weighted by Crippen LogP contribution is 2.31. The number of aromatic nitrogens is 5. The zero-order valence-electron chi connectivity index (χ0n) is 13.6. The highest BCUT2D eigenvalue weighted by Gasteiger charge is 2.25. The van der Waals surface area contributed by atoms with Gasteiger partial charge in [0.2, 0.25) is 0 Å². The van der Waals surface area contributed by atoms with Gasteiger partial charge in [-0.3, -0.25) is 0 Å². The maximum Gasteiger partial charge on any atom is 0.160 e. The molecule has 0 bridgehead atoms. The van der Waals surface area contributed by atoms with Gasteiger partial charge >= 0.3 is 0 Å². The summed E-state index contributed by atoms with van der Waals surface area (Å²) in [6.45, 7) is 3.59. The van der Waals surface area contributed by atoms with Crippen molar-refractivity contribution in [3.8, 4) is 17.1 Å². The minimum atomic E-state index is 0.263. The summed E-state index contributed by atoms with van der Waals surface area (Å²) in [5.74, 6) is 1.80. The monoisotopic (exact) mass is 321 g/mol. The Hall–Kier alpha value is -2.47. The lowest BCUT2D eigenvalue weighted by Gasteiger charge is -2.08. The standard InChI is InChI=1S/C18H19N5O/c1-12-16-10-23-18(20-17(21-23)9-13-5-4-8-24-13)14-6-2-3-7-15(14)22(16)11-19-12/h2-3,6-7,11,13H,4-5,8-10H2,1H3. The maximum absolute atomic E-state index is 5.74. The molecule has 2 aliphatic rings. The molecule has 0 spiro atoms. The van der Waals surface area contributed by atoms with Crippen LogP contribution in [0.2, 0.25) is 0 Å².